The Hall–Kier alpha value is -1.33. The Morgan fingerprint density at radius 3 is 2.95 bits per heavy atom. The van der Waals surface area contributed by atoms with E-state index >= 15 is 0 Å². The zero-order chi connectivity index (χ0) is 14.3. The summed E-state index contributed by atoms with van der Waals surface area (Å²) in [6.07, 6.45) is 0.746. The molecule has 0 saturated heterocycles. The third-order valence-corrected chi connectivity index (χ3v) is 2.85. The van der Waals surface area contributed by atoms with Gasteiger partial charge in [0.25, 0.3) is 0 Å². The third kappa shape index (κ3) is 5.44. The van der Waals surface area contributed by atoms with Crippen LogP contribution in [0.1, 0.15) is 13.3 Å². The molecule has 0 aromatic heterocycles. The van der Waals surface area contributed by atoms with Crippen LogP contribution in [0.15, 0.2) is 18.2 Å². The predicted octanol–water partition coefficient (Wildman–Crippen LogP) is 2.43. The molecule has 0 fully saturated rings. The molecule has 0 bridgehead atoms. The highest BCUT2D eigenvalue weighted by atomic mass is 35.5. The Morgan fingerprint density at radius 1 is 1.53 bits per heavy atom. The molecule has 0 aliphatic heterocycles. The molecule has 106 valence electrons. The molecular weight excluding hydrogens is 271 g/mol. The van der Waals surface area contributed by atoms with Crippen LogP contribution < -0.4 is 10.6 Å². The van der Waals surface area contributed by atoms with Gasteiger partial charge in [-0.1, -0.05) is 11.6 Å². The first kappa shape index (κ1) is 15.7. The van der Waals surface area contributed by atoms with Crippen LogP contribution in [-0.4, -0.2) is 32.2 Å². The van der Waals surface area contributed by atoms with E-state index in [1.165, 1.54) is 18.2 Å². The fraction of sp³-hybridized carbons (Fsp3) is 0.462. The van der Waals surface area contributed by atoms with Crippen LogP contribution in [0.25, 0.3) is 0 Å². The van der Waals surface area contributed by atoms with E-state index in [0.29, 0.717) is 23.9 Å². The van der Waals surface area contributed by atoms with E-state index in [2.05, 4.69) is 10.6 Å². The lowest BCUT2D eigenvalue weighted by Crippen LogP contribution is -2.38. The van der Waals surface area contributed by atoms with E-state index in [4.69, 9.17) is 16.3 Å². The number of anilines is 1. The highest BCUT2D eigenvalue weighted by molar-refractivity contribution is 6.33. The molecule has 0 aliphatic rings. The maximum absolute atomic E-state index is 13.1. The van der Waals surface area contributed by atoms with Gasteiger partial charge in [0, 0.05) is 20.3 Å². The molecule has 1 atom stereocenters. The number of rotatable bonds is 7. The molecule has 6 heteroatoms. The first-order valence-electron chi connectivity index (χ1n) is 6.03. The van der Waals surface area contributed by atoms with Gasteiger partial charge in [0.2, 0.25) is 5.91 Å². The number of carbonyl (C=O) groups excluding carboxylic acids is 1. The summed E-state index contributed by atoms with van der Waals surface area (Å²) >= 11 is 5.91. The molecule has 1 unspecified atom stereocenters. The first-order valence-corrected chi connectivity index (χ1v) is 6.40. The summed E-state index contributed by atoms with van der Waals surface area (Å²) in [6, 6.07) is 3.48. The molecule has 4 nitrogen and oxygen atoms in total. The molecule has 1 aromatic rings. The summed E-state index contributed by atoms with van der Waals surface area (Å²) in [4.78, 5) is 11.8. The first-order chi connectivity index (χ1) is 9.04. The second-order valence-corrected chi connectivity index (χ2v) is 4.53. The Labute approximate surface area is 117 Å². The van der Waals surface area contributed by atoms with Crippen molar-refractivity contribution in [2.45, 2.75) is 19.4 Å². The summed E-state index contributed by atoms with van der Waals surface area (Å²) in [7, 11) is 1.61. The number of hydrogen-bond acceptors (Lipinski definition) is 3. The number of nitrogens with one attached hydrogen (secondary N) is 2. The minimum absolute atomic E-state index is 0.170. The van der Waals surface area contributed by atoms with Gasteiger partial charge in [-0.25, -0.2) is 4.39 Å². The van der Waals surface area contributed by atoms with Crippen LogP contribution in [-0.2, 0) is 9.53 Å². The molecule has 2 N–H and O–H groups in total. The van der Waals surface area contributed by atoms with Crippen molar-refractivity contribution in [3.8, 4) is 0 Å². The molecular formula is C13H18ClFN2O2. The van der Waals surface area contributed by atoms with Crippen molar-refractivity contribution < 1.29 is 13.9 Å². The van der Waals surface area contributed by atoms with Gasteiger partial charge in [0.05, 0.1) is 10.7 Å². The van der Waals surface area contributed by atoms with Crippen LogP contribution in [0.4, 0.5) is 10.1 Å². The molecule has 1 amide bonds. The highest BCUT2D eigenvalue weighted by Gasteiger charge is 2.13. The van der Waals surface area contributed by atoms with Gasteiger partial charge in [0.1, 0.15) is 11.9 Å². The number of halogens is 2. The van der Waals surface area contributed by atoms with Crippen molar-refractivity contribution in [3.63, 3.8) is 0 Å². The third-order valence-electron chi connectivity index (χ3n) is 2.52. The fourth-order valence-electron chi connectivity index (χ4n) is 1.49. The van der Waals surface area contributed by atoms with Crippen molar-refractivity contribution >= 4 is 23.2 Å². The molecule has 0 aliphatic carbocycles. The Balaban J connectivity index is 2.47. The fourth-order valence-corrected chi connectivity index (χ4v) is 1.66. The molecule has 0 radical (unpaired) electrons. The SMILES string of the molecule is COCCCNC(=O)C(C)Nc1cc(F)ccc1Cl. The lowest BCUT2D eigenvalue weighted by atomic mass is 10.2. The van der Waals surface area contributed by atoms with Crippen molar-refractivity contribution in [2.75, 3.05) is 25.6 Å². The van der Waals surface area contributed by atoms with Crippen LogP contribution in [0.3, 0.4) is 0 Å². The van der Waals surface area contributed by atoms with Gasteiger partial charge >= 0.3 is 0 Å². The van der Waals surface area contributed by atoms with Crippen molar-refractivity contribution in [2.24, 2.45) is 0 Å². The van der Waals surface area contributed by atoms with E-state index in [1.54, 1.807) is 14.0 Å². The van der Waals surface area contributed by atoms with Gasteiger partial charge in [-0.3, -0.25) is 4.79 Å². The summed E-state index contributed by atoms with van der Waals surface area (Å²) in [6.45, 7) is 2.82. The highest BCUT2D eigenvalue weighted by Crippen LogP contribution is 2.22. The molecule has 0 saturated carbocycles. The van der Waals surface area contributed by atoms with Gasteiger partial charge in [-0.05, 0) is 31.5 Å². The second kappa shape index (κ2) is 7.96. The van der Waals surface area contributed by atoms with Gasteiger partial charge in [-0.15, -0.1) is 0 Å². The van der Waals surface area contributed by atoms with Crippen molar-refractivity contribution in [3.05, 3.63) is 29.0 Å². The molecule has 19 heavy (non-hydrogen) atoms. The van der Waals surface area contributed by atoms with E-state index in [-0.39, 0.29) is 5.91 Å². The number of methoxy groups -OCH3 is 1. The van der Waals surface area contributed by atoms with Gasteiger partial charge in [-0.2, -0.15) is 0 Å². The Morgan fingerprint density at radius 2 is 2.26 bits per heavy atom. The maximum Gasteiger partial charge on any atom is 0.242 e. The minimum Gasteiger partial charge on any atom is -0.385 e. The lowest BCUT2D eigenvalue weighted by Gasteiger charge is -2.16. The monoisotopic (exact) mass is 288 g/mol. The predicted molar refractivity (Wildman–Crippen MR) is 74.0 cm³/mol. The number of ether oxygens (including phenoxy) is 1. The number of carbonyl (C=O) groups is 1. The van der Waals surface area contributed by atoms with E-state index in [9.17, 15) is 9.18 Å². The average molecular weight is 289 g/mol. The normalized spacial score (nSPS) is 12.0. The van der Waals surface area contributed by atoms with Crippen molar-refractivity contribution in [1.82, 2.24) is 5.32 Å². The summed E-state index contributed by atoms with van der Waals surface area (Å²) in [5, 5.41) is 6.01. The van der Waals surface area contributed by atoms with E-state index < -0.39 is 11.9 Å². The Kier molecular flexibility index (Phi) is 6.59. The second-order valence-electron chi connectivity index (χ2n) is 4.13. The van der Waals surface area contributed by atoms with Crippen LogP contribution in [0.2, 0.25) is 5.02 Å². The maximum atomic E-state index is 13.1. The summed E-state index contributed by atoms with van der Waals surface area (Å²) in [5.74, 6) is -0.573. The quantitative estimate of drug-likeness (QED) is 0.758. The van der Waals surface area contributed by atoms with Gasteiger partial charge in [0.15, 0.2) is 0 Å². The Bertz CT molecular complexity index is 429. The zero-order valence-corrected chi connectivity index (χ0v) is 11.8. The smallest absolute Gasteiger partial charge is 0.242 e. The van der Waals surface area contributed by atoms with E-state index in [0.717, 1.165) is 6.42 Å². The summed E-state index contributed by atoms with van der Waals surface area (Å²) in [5.41, 5.74) is 0.404. The van der Waals surface area contributed by atoms with Gasteiger partial charge < -0.3 is 15.4 Å². The number of hydrogen-bond donors (Lipinski definition) is 2. The van der Waals surface area contributed by atoms with E-state index in [1.807, 2.05) is 0 Å². The van der Waals surface area contributed by atoms with Crippen molar-refractivity contribution in [1.29, 1.82) is 0 Å². The molecule has 1 aromatic carbocycles. The largest absolute Gasteiger partial charge is 0.385 e. The van der Waals surface area contributed by atoms with Crippen LogP contribution in [0.5, 0.6) is 0 Å². The summed E-state index contributed by atoms with van der Waals surface area (Å²) < 4.78 is 18.0. The molecule has 0 heterocycles. The number of benzene rings is 1. The topological polar surface area (TPSA) is 50.4 Å². The van der Waals surface area contributed by atoms with Crippen LogP contribution in [0, 0.1) is 5.82 Å². The molecule has 0 spiro atoms. The average Bonchev–Trinajstić information content (AvgIpc) is 2.38. The minimum atomic E-state index is -0.498. The standard InChI is InChI=1S/C13H18ClFN2O2/c1-9(13(18)16-6-3-7-19-2)17-12-8-10(15)4-5-11(12)14/h4-5,8-9,17H,3,6-7H2,1-2H3,(H,16,18). The lowest BCUT2D eigenvalue weighted by molar-refractivity contribution is -0.121. The number of amides is 1. The zero-order valence-electron chi connectivity index (χ0n) is 11.0. The van der Waals surface area contributed by atoms with Crippen LogP contribution >= 0.6 is 11.6 Å². The molecule has 1 rings (SSSR count).